The molecule has 0 amide bonds. The van der Waals surface area contributed by atoms with Crippen LogP contribution < -0.4 is 10.5 Å². The number of nitrogens with one attached hydrogen (secondary N) is 1. The molecule has 1 aromatic carbocycles. The van der Waals surface area contributed by atoms with E-state index >= 15 is 0 Å². The lowest BCUT2D eigenvalue weighted by Crippen LogP contribution is -2.40. The Morgan fingerprint density at radius 3 is 3.15 bits per heavy atom. The van der Waals surface area contributed by atoms with Crippen LogP contribution in [0.25, 0.3) is 0 Å². The van der Waals surface area contributed by atoms with E-state index in [9.17, 15) is 0 Å². The maximum Gasteiger partial charge on any atom is 0.127 e. The van der Waals surface area contributed by atoms with E-state index in [1.165, 1.54) is 11.1 Å². The molecule has 0 spiro atoms. The van der Waals surface area contributed by atoms with Gasteiger partial charge in [-0.1, -0.05) is 15.9 Å². The van der Waals surface area contributed by atoms with E-state index in [-0.39, 0.29) is 5.92 Å². The Balaban J connectivity index is 1.76. The summed E-state index contributed by atoms with van der Waals surface area (Å²) in [5, 5.41) is 7.63. The number of nitrogens with two attached hydrogens (primary N) is 1. The van der Waals surface area contributed by atoms with Gasteiger partial charge in [0.1, 0.15) is 5.75 Å². The highest BCUT2D eigenvalue weighted by Crippen LogP contribution is 2.34. The molecule has 1 aromatic rings. The molecule has 4 nitrogen and oxygen atoms in total. The molecule has 5 heteroatoms. The van der Waals surface area contributed by atoms with E-state index in [0.717, 1.165) is 55.7 Å². The summed E-state index contributed by atoms with van der Waals surface area (Å²) in [7, 11) is 0. The second-order valence-corrected chi connectivity index (χ2v) is 6.60. The van der Waals surface area contributed by atoms with Gasteiger partial charge in [-0.3, -0.25) is 10.3 Å². The van der Waals surface area contributed by atoms with E-state index in [0.29, 0.717) is 5.84 Å². The highest BCUT2D eigenvalue weighted by atomic mass is 79.9. The molecule has 1 saturated heterocycles. The predicted molar refractivity (Wildman–Crippen MR) is 83.3 cm³/mol. The lowest BCUT2D eigenvalue weighted by molar-refractivity contribution is 0.193. The first-order valence-electron chi connectivity index (χ1n) is 7.14. The number of amidine groups is 1. The maximum atomic E-state index is 7.63. The maximum absolute atomic E-state index is 7.63. The molecule has 2 aliphatic rings. The largest absolute Gasteiger partial charge is 0.493 e. The van der Waals surface area contributed by atoms with Gasteiger partial charge in [0.25, 0.3) is 0 Å². The van der Waals surface area contributed by atoms with Gasteiger partial charge in [0, 0.05) is 35.5 Å². The van der Waals surface area contributed by atoms with Crippen LogP contribution in [0.4, 0.5) is 0 Å². The van der Waals surface area contributed by atoms with Gasteiger partial charge in [0.2, 0.25) is 0 Å². The number of nitrogens with zero attached hydrogens (tertiary/aromatic N) is 1. The normalized spacial score (nSPS) is 22.4. The summed E-state index contributed by atoms with van der Waals surface area (Å²) in [5.41, 5.74) is 8.21. The number of hydrogen-bond donors (Lipinski definition) is 2. The van der Waals surface area contributed by atoms with Crippen LogP contribution in [-0.2, 0) is 13.0 Å². The van der Waals surface area contributed by atoms with Gasteiger partial charge >= 0.3 is 0 Å². The second kappa shape index (κ2) is 5.74. The Kier molecular flexibility index (Phi) is 3.98. The van der Waals surface area contributed by atoms with Crippen molar-refractivity contribution in [2.75, 3.05) is 19.7 Å². The second-order valence-electron chi connectivity index (χ2n) is 5.68. The molecule has 2 aliphatic heterocycles. The van der Waals surface area contributed by atoms with Crippen LogP contribution in [0.5, 0.6) is 5.75 Å². The Labute approximate surface area is 127 Å². The van der Waals surface area contributed by atoms with Crippen molar-refractivity contribution in [2.45, 2.75) is 25.8 Å². The standard InChI is InChI=1S/C15H20BrN3O/c16-13-6-10-3-5-20-14(10)12(7-13)9-19-4-1-2-11(8-19)15(17)18/h6-7,11H,1-5,8-9H2,(H3,17,18). The first-order valence-corrected chi connectivity index (χ1v) is 7.93. The van der Waals surface area contributed by atoms with Crippen molar-refractivity contribution >= 4 is 21.8 Å². The van der Waals surface area contributed by atoms with Crippen molar-refractivity contribution in [3.63, 3.8) is 0 Å². The molecular formula is C15H20BrN3O. The van der Waals surface area contributed by atoms with Gasteiger partial charge in [-0.25, -0.2) is 0 Å². The third-order valence-electron chi connectivity index (χ3n) is 4.16. The fourth-order valence-corrected chi connectivity index (χ4v) is 3.71. The number of piperidine rings is 1. The van der Waals surface area contributed by atoms with Gasteiger partial charge < -0.3 is 10.5 Å². The van der Waals surface area contributed by atoms with Crippen molar-refractivity contribution in [3.8, 4) is 5.75 Å². The number of ether oxygens (including phenoxy) is 1. The fraction of sp³-hybridized carbons (Fsp3) is 0.533. The highest BCUT2D eigenvalue weighted by molar-refractivity contribution is 9.10. The minimum Gasteiger partial charge on any atom is -0.493 e. The summed E-state index contributed by atoms with van der Waals surface area (Å²) in [6.45, 7) is 3.63. The SMILES string of the molecule is N=C(N)C1CCCN(Cc2cc(Br)cc3c2OCC3)C1. The zero-order chi connectivity index (χ0) is 14.1. The number of halogens is 1. The number of benzene rings is 1. The van der Waals surface area contributed by atoms with Gasteiger partial charge in [0.05, 0.1) is 12.4 Å². The average Bonchev–Trinajstić information content (AvgIpc) is 2.87. The summed E-state index contributed by atoms with van der Waals surface area (Å²) in [5.74, 6) is 1.61. The monoisotopic (exact) mass is 337 g/mol. The van der Waals surface area contributed by atoms with E-state index in [1.54, 1.807) is 0 Å². The van der Waals surface area contributed by atoms with Crippen LogP contribution in [0.1, 0.15) is 24.0 Å². The van der Waals surface area contributed by atoms with Crippen molar-refractivity contribution in [3.05, 3.63) is 27.7 Å². The van der Waals surface area contributed by atoms with Crippen LogP contribution >= 0.6 is 15.9 Å². The minimum absolute atomic E-state index is 0.213. The third-order valence-corrected chi connectivity index (χ3v) is 4.62. The van der Waals surface area contributed by atoms with Gasteiger partial charge in [-0.15, -0.1) is 0 Å². The first-order chi connectivity index (χ1) is 9.63. The molecule has 0 saturated carbocycles. The van der Waals surface area contributed by atoms with Crippen LogP contribution in [0.3, 0.4) is 0 Å². The van der Waals surface area contributed by atoms with Crippen LogP contribution in [0.15, 0.2) is 16.6 Å². The molecule has 108 valence electrons. The van der Waals surface area contributed by atoms with Crippen molar-refractivity contribution in [2.24, 2.45) is 11.7 Å². The fourth-order valence-electron chi connectivity index (χ4n) is 3.16. The average molecular weight is 338 g/mol. The Morgan fingerprint density at radius 1 is 1.50 bits per heavy atom. The molecular weight excluding hydrogens is 318 g/mol. The topological polar surface area (TPSA) is 62.3 Å². The van der Waals surface area contributed by atoms with Crippen LogP contribution in [0, 0.1) is 11.3 Å². The zero-order valence-electron chi connectivity index (χ0n) is 11.5. The lowest BCUT2D eigenvalue weighted by Gasteiger charge is -2.32. The summed E-state index contributed by atoms with van der Waals surface area (Å²) >= 11 is 3.59. The molecule has 1 fully saturated rings. The lowest BCUT2D eigenvalue weighted by atomic mass is 9.96. The van der Waals surface area contributed by atoms with Crippen LogP contribution in [-0.4, -0.2) is 30.4 Å². The molecule has 0 radical (unpaired) electrons. The molecule has 3 rings (SSSR count). The molecule has 3 N–H and O–H groups in total. The van der Waals surface area contributed by atoms with Gasteiger partial charge in [0.15, 0.2) is 0 Å². The molecule has 0 bridgehead atoms. The Morgan fingerprint density at radius 2 is 2.35 bits per heavy atom. The summed E-state index contributed by atoms with van der Waals surface area (Å²) in [6, 6.07) is 4.31. The van der Waals surface area contributed by atoms with E-state index in [4.69, 9.17) is 15.9 Å². The molecule has 1 unspecified atom stereocenters. The van der Waals surface area contributed by atoms with E-state index in [1.807, 2.05) is 0 Å². The third kappa shape index (κ3) is 2.83. The number of hydrogen-bond acceptors (Lipinski definition) is 3. The Hall–Kier alpha value is -1.07. The first kappa shape index (κ1) is 13.9. The quantitative estimate of drug-likeness (QED) is 0.658. The molecule has 0 aliphatic carbocycles. The van der Waals surface area contributed by atoms with Gasteiger partial charge in [-0.05, 0) is 37.1 Å². The van der Waals surface area contributed by atoms with Crippen molar-refractivity contribution < 1.29 is 4.74 Å². The number of fused-ring (bicyclic) bond motifs is 1. The van der Waals surface area contributed by atoms with E-state index in [2.05, 4.69) is 33.0 Å². The molecule has 2 heterocycles. The number of likely N-dealkylation sites (tertiary alicyclic amines) is 1. The molecule has 1 atom stereocenters. The molecule has 0 aromatic heterocycles. The summed E-state index contributed by atoms with van der Waals surface area (Å²) in [4.78, 5) is 2.39. The smallest absolute Gasteiger partial charge is 0.127 e. The molecule has 20 heavy (non-hydrogen) atoms. The zero-order valence-corrected chi connectivity index (χ0v) is 13.1. The predicted octanol–water partition coefficient (Wildman–Crippen LogP) is 2.53. The van der Waals surface area contributed by atoms with Crippen LogP contribution in [0.2, 0.25) is 0 Å². The minimum atomic E-state index is 0.213. The van der Waals surface area contributed by atoms with Crippen molar-refractivity contribution in [1.82, 2.24) is 4.90 Å². The summed E-state index contributed by atoms with van der Waals surface area (Å²) in [6.07, 6.45) is 3.15. The van der Waals surface area contributed by atoms with E-state index < -0.39 is 0 Å². The highest BCUT2D eigenvalue weighted by Gasteiger charge is 2.24. The van der Waals surface area contributed by atoms with Gasteiger partial charge in [-0.2, -0.15) is 0 Å². The Bertz CT molecular complexity index is 532. The number of rotatable bonds is 3. The van der Waals surface area contributed by atoms with Crippen molar-refractivity contribution in [1.29, 1.82) is 5.41 Å². The summed E-state index contributed by atoms with van der Waals surface area (Å²) < 4.78 is 6.91.